The second-order valence-electron chi connectivity index (χ2n) is 13.4. The fraction of sp³-hybridized carbons (Fsp3) is 0.660. The van der Waals surface area contributed by atoms with Gasteiger partial charge in [0.2, 0.25) is 0 Å². The highest BCUT2D eigenvalue weighted by molar-refractivity contribution is 5.19. The molecule has 3 nitrogen and oxygen atoms in total. The fourth-order valence-corrected chi connectivity index (χ4v) is 5.61. The Morgan fingerprint density at radius 3 is 1.40 bits per heavy atom. The first-order valence-electron chi connectivity index (χ1n) is 20.2. The molecule has 0 aliphatic carbocycles. The monoisotopic (exact) mass is 685 g/mol. The van der Waals surface area contributed by atoms with E-state index in [2.05, 4.69) is 59.8 Å². The first-order valence-corrected chi connectivity index (χ1v) is 20.2. The third-order valence-electron chi connectivity index (χ3n) is 8.66. The molecule has 0 aliphatic heterocycles. The number of aliphatic hydroxyl groups is 3. The van der Waals surface area contributed by atoms with E-state index in [9.17, 15) is 15.3 Å². The van der Waals surface area contributed by atoms with Crippen LogP contribution in [0.15, 0.2) is 48.6 Å². The SMILES string of the molecule is C#C/C=C\CCCCCCCCCCCCCCC/C=C\CCC/C=C/C(O)CCCCC#C[C@H](O)C#CCCCCCC/C=C/[C@@H](O)C#C. The zero-order valence-electron chi connectivity index (χ0n) is 31.6. The summed E-state index contributed by atoms with van der Waals surface area (Å²) in [7, 11) is 0. The molecule has 0 aromatic heterocycles. The van der Waals surface area contributed by atoms with Crippen molar-refractivity contribution in [1.82, 2.24) is 0 Å². The molecular weight excluding hydrogens is 613 g/mol. The predicted molar refractivity (Wildman–Crippen MR) is 217 cm³/mol. The number of unbranched alkanes of at least 4 members (excludes halogenated alkanes) is 23. The maximum absolute atomic E-state index is 10.2. The van der Waals surface area contributed by atoms with Crippen molar-refractivity contribution in [2.75, 3.05) is 0 Å². The Morgan fingerprint density at radius 2 is 0.860 bits per heavy atom. The van der Waals surface area contributed by atoms with Crippen LogP contribution in [-0.2, 0) is 0 Å². The zero-order valence-corrected chi connectivity index (χ0v) is 31.6. The predicted octanol–water partition coefficient (Wildman–Crippen LogP) is 11.5. The van der Waals surface area contributed by atoms with E-state index in [0.717, 1.165) is 83.5 Å². The normalized spacial score (nSPS) is 13.2. The molecule has 0 saturated carbocycles. The zero-order chi connectivity index (χ0) is 36.4. The van der Waals surface area contributed by atoms with Gasteiger partial charge in [-0.05, 0) is 95.6 Å². The lowest BCUT2D eigenvalue weighted by Gasteiger charge is -2.03. The van der Waals surface area contributed by atoms with E-state index in [0.29, 0.717) is 6.42 Å². The summed E-state index contributed by atoms with van der Waals surface area (Å²) in [4.78, 5) is 0. The number of terminal acetylenes is 2. The van der Waals surface area contributed by atoms with Gasteiger partial charge in [0.15, 0.2) is 6.10 Å². The second-order valence-corrected chi connectivity index (χ2v) is 13.4. The minimum Gasteiger partial charge on any atom is -0.389 e. The lowest BCUT2D eigenvalue weighted by Crippen LogP contribution is -2.01. The molecule has 3 N–H and O–H groups in total. The first-order chi connectivity index (χ1) is 24.6. The van der Waals surface area contributed by atoms with Gasteiger partial charge in [-0.1, -0.05) is 155 Å². The third-order valence-corrected chi connectivity index (χ3v) is 8.66. The van der Waals surface area contributed by atoms with Crippen LogP contribution in [0.2, 0.25) is 0 Å². The fourth-order valence-electron chi connectivity index (χ4n) is 5.61. The molecule has 0 aliphatic rings. The van der Waals surface area contributed by atoms with Crippen LogP contribution in [0.25, 0.3) is 0 Å². The van der Waals surface area contributed by atoms with Crippen molar-refractivity contribution in [3.63, 3.8) is 0 Å². The lowest BCUT2D eigenvalue weighted by atomic mass is 10.0. The number of aliphatic hydroxyl groups excluding tert-OH is 3. The van der Waals surface area contributed by atoms with E-state index in [-0.39, 0.29) is 6.10 Å². The number of hydrogen-bond donors (Lipinski definition) is 3. The van der Waals surface area contributed by atoms with Crippen molar-refractivity contribution in [2.45, 2.75) is 198 Å². The van der Waals surface area contributed by atoms with Crippen molar-refractivity contribution < 1.29 is 15.3 Å². The molecule has 0 saturated heterocycles. The number of hydrogen-bond acceptors (Lipinski definition) is 3. The Bertz CT molecular complexity index is 1070. The van der Waals surface area contributed by atoms with Gasteiger partial charge in [-0.15, -0.1) is 12.8 Å². The summed E-state index contributed by atoms with van der Waals surface area (Å²) < 4.78 is 0. The Kier molecular flexibility index (Phi) is 38.1. The smallest absolute Gasteiger partial charge is 0.176 e. The Balaban J connectivity index is 3.50. The Labute approximate surface area is 309 Å². The molecule has 0 heterocycles. The van der Waals surface area contributed by atoms with Crippen LogP contribution in [-0.4, -0.2) is 33.6 Å². The molecule has 0 bridgehead atoms. The Hall–Kier alpha value is -2.92. The van der Waals surface area contributed by atoms with E-state index in [4.69, 9.17) is 12.8 Å². The quantitative estimate of drug-likeness (QED) is 0.0375. The summed E-state index contributed by atoms with van der Waals surface area (Å²) in [5.41, 5.74) is 0. The summed E-state index contributed by atoms with van der Waals surface area (Å²) in [6.45, 7) is 0. The molecule has 0 spiro atoms. The third kappa shape index (κ3) is 39.5. The molecule has 0 radical (unpaired) electrons. The highest BCUT2D eigenvalue weighted by atomic mass is 16.3. The average Bonchev–Trinajstić information content (AvgIpc) is 3.12. The van der Waals surface area contributed by atoms with Gasteiger partial charge < -0.3 is 15.3 Å². The molecule has 0 aromatic rings. The lowest BCUT2D eigenvalue weighted by molar-refractivity contribution is 0.208. The van der Waals surface area contributed by atoms with E-state index in [1.807, 2.05) is 18.2 Å². The van der Waals surface area contributed by atoms with Gasteiger partial charge >= 0.3 is 0 Å². The minimum absolute atomic E-state index is 0.388. The maximum Gasteiger partial charge on any atom is 0.176 e. The molecule has 50 heavy (non-hydrogen) atoms. The molecule has 0 amide bonds. The van der Waals surface area contributed by atoms with E-state index in [1.54, 1.807) is 6.08 Å². The topological polar surface area (TPSA) is 60.7 Å². The molecule has 3 heteroatoms. The number of allylic oxidation sites excluding steroid dienone is 6. The van der Waals surface area contributed by atoms with Gasteiger partial charge in [0.1, 0.15) is 6.10 Å². The van der Waals surface area contributed by atoms with Crippen LogP contribution in [0.4, 0.5) is 0 Å². The highest BCUT2D eigenvalue weighted by Crippen LogP contribution is 2.14. The van der Waals surface area contributed by atoms with Crippen LogP contribution in [0, 0.1) is 48.4 Å². The Morgan fingerprint density at radius 1 is 0.440 bits per heavy atom. The minimum atomic E-state index is -0.884. The van der Waals surface area contributed by atoms with Gasteiger partial charge in [-0.2, -0.15) is 0 Å². The molecule has 278 valence electrons. The van der Waals surface area contributed by atoms with Crippen LogP contribution in [0.3, 0.4) is 0 Å². The average molecular weight is 685 g/mol. The first kappa shape index (κ1) is 47.1. The number of rotatable bonds is 32. The molecule has 0 fully saturated rings. The largest absolute Gasteiger partial charge is 0.389 e. The van der Waals surface area contributed by atoms with Gasteiger partial charge in [0.05, 0.1) is 6.10 Å². The maximum atomic E-state index is 10.2. The van der Waals surface area contributed by atoms with Crippen LogP contribution in [0.5, 0.6) is 0 Å². The molecule has 3 atom stereocenters. The van der Waals surface area contributed by atoms with Crippen LogP contribution < -0.4 is 0 Å². The van der Waals surface area contributed by atoms with Gasteiger partial charge in [-0.25, -0.2) is 0 Å². The molecular formula is C47H72O3. The molecule has 1 unspecified atom stereocenters. The standard InChI is InChI=1S/C47H72O3/c1-3-5-6-7-8-9-10-11-12-13-14-15-16-17-18-19-20-21-22-23-24-28-31-36-41-46(49)43-38-33-34-39-44-47(50)42-37-32-29-26-25-27-30-35-40-45(48)4-2/h1-2,5-6,22-23,35-36,40-41,45-50H,7-21,24-34,38,43H2/b6-5-,23-22-,40-35+,41-36+/t45-,46?,47+/m0/s1. The highest BCUT2D eigenvalue weighted by Gasteiger charge is 1.99. The molecule has 0 rings (SSSR count). The second kappa shape index (κ2) is 40.5. The summed E-state index contributed by atoms with van der Waals surface area (Å²) in [5, 5.41) is 29.4. The van der Waals surface area contributed by atoms with E-state index >= 15 is 0 Å². The van der Waals surface area contributed by atoms with Crippen molar-refractivity contribution in [3.05, 3.63) is 48.6 Å². The summed E-state index contributed by atoms with van der Waals surface area (Å²) in [6, 6.07) is 0. The summed E-state index contributed by atoms with van der Waals surface area (Å²) in [5.74, 6) is 16.5. The summed E-state index contributed by atoms with van der Waals surface area (Å²) in [6.07, 6.45) is 57.2. The summed E-state index contributed by atoms with van der Waals surface area (Å²) >= 11 is 0. The van der Waals surface area contributed by atoms with Crippen molar-refractivity contribution in [3.8, 4) is 48.4 Å². The van der Waals surface area contributed by atoms with Gasteiger partial charge in [0.25, 0.3) is 0 Å². The van der Waals surface area contributed by atoms with Crippen LogP contribution >= 0.6 is 0 Å². The van der Waals surface area contributed by atoms with E-state index < -0.39 is 12.2 Å². The van der Waals surface area contributed by atoms with Crippen molar-refractivity contribution >= 4 is 0 Å². The van der Waals surface area contributed by atoms with Gasteiger partial charge in [-0.3, -0.25) is 0 Å². The van der Waals surface area contributed by atoms with Crippen LogP contribution in [0.1, 0.15) is 180 Å². The van der Waals surface area contributed by atoms with Crippen molar-refractivity contribution in [1.29, 1.82) is 0 Å². The molecule has 0 aromatic carbocycles. The van der Waals surface area contributed by atoms with Crippen molar-refractivity contribution in [2.24, 2.45) is 0 Å². The van der Waals surface area contributed by atoms with E-state index in [1.165, 1.54) is 89.9 Å². The van der Waals surface area contributed by atoms with Gasteiger partial charge in [0, 0.05) is 12.8 Å².